The van der Waals surface area contributed by atoms with Crippen LogP contribution in [-0.2, 0) is 12.8 Å². The largest absolute Gasteiger partial charge is 0.316 e. The number of benzene rings is 2. The van der Waals surface area contributed by atoms with Gasteiger partial charge in [-0.15, -0.1) is 0 Å². The maximum atomic E-state index is 13.1. The standard InChI is InChI=1S/C16H16Cl2FN/c1-20-14(8-11-2-5-13(17)6-3-11)9-12-4-7-16(19)15(18)10-12/h2-7,10,14,20H,8-9H2,1H3. The molecule has 2 aromatic carbocycles. The summed E-state index contributed by atoms with van der Waals surface area (Å²) < 4.78 is 13.1. The SMILES string of the molecule is CNC(Cc1ccc(Cl)cc1)Cc1ccc(F)c(Cl)c1. The lowest BCUT2D eigenvalue weighted by molar-refractivity contribution is 0.555. The van der Waals surface area contributed by atoms with Gasteiger partial charge in [-0.05, 0) is 55.3 Å². The van der Waals surface area contributed by atoms with Crippen LogP contribution in [0.25, 0.3) is 0 Å². The van der Waals surface area contributed by atoms with Crippen molar-refractivity contribution in [2.24, 2.45) is 0 Å². The zero-order valence-electron chi connectivity index (χ0n) is 11.2. The van der Waals surface area contributed by atoms with E-state index in [0.29, 0.717) is 0 Å². The molecule has 0 aliphatic heterocycles. The molecule has 0 amide bonds. The molecule has 1 unspecified atom stereocenters. The Hall–Kier alpha value is -1.09. The molecule has 1 atom stereocenters. The summed E-state index contributed by atoms with van der Waals surface area (Å²) in [6.45, 7) is 0. The highest BCUT2D eigenvalue weighted by Crippen LogP contribution is 2.18. The average molecular weight is 312 g/mol. The first-order valence-corrected chi connectivity index (χ1v) is 7.19. The molecule has 106 valence electrons. The van der Waals surface area contributed by atoms with Crippen LogP contribution in [0.3, 0.4) is 0 Å². The van der Waals surface area contributed by atoms with Crippen molar-refractivity contribution in [2.45, 2.75) is 18.9 Å². The van der Waals surface area contributed by atoms with Gasteiger partial charge in [-0.1, -0.05) is 41.4 Å². The summed E-state index contributed by atoms with van der Waals surface area (Å²) in [5, 5.41) is 4.18. The van der Waals surface area contributed by atoms with Crippen LogP contribution in [0.1, 0.15) is 11.1 Å². The molecule has 2 rings (SSSR count). The van der Waals surface area contributed by atoms with Gasteiger partial charge in [-0.2, -0.15) is 0 Å². The van der Waals surface area contributed by atoms with Gasteiger partial charge < -0.3 is 5.32 Å². The Labute approximate surface area is 128 Å². The molecule has 4 heteroatoms. The lowest BCUT2D eigenvalue weighted by atomic mass is 9.99. The van der Waals surface area contributed by atoms with Gasteiger partial charge >= 0.3 is 0 Å². The third-order valence-corrected chi connectivity index (χ3v) is 3.81. The molecule has 0 heterocycles. The van der Waals surface area contributed by atoms with Crippen LogP contribution in [0, 0.1) is 5.82 Å². The Morgan fingerprint density at radius 2 is 1.60 bits per heavy atom. The maximum absolute atomic E-state index is 13.1. The van der Waals surface area contributed by atoms with E-state index in [9.17, 15) is 4.39 Å². The predicted molar refractivity (Wildman–Crippen MR) is 83.1 cm³/mol. The second-order valence-corrected chi connectivity index (χ2v) is 5.61. The smallest absolute Gasteiger partial charge is 0.141 e. The molecule has 2 aromatic rings. The van der Waals surface area contributed by atoms with Crippen LogP contribution in [0.5, 0.6) is 0 Å². The number of rotatable bonds is 5. The second kappa shape index (κ2) is 7.07. The molecule has 0 bridgehead atoms. The Balaban J connectivity index is 2.04. The normalized spacial score (nSPS) is 12.4. The summed E-state index contributed by atoms with van der Waals surface area (Å²) >= 11 is 11.7. The molecule has 20 heavy (non-hydrogen) atoms. The Morgan fingerprint density at radius 3 is 2.20 bits per heavy atom. The van der Waals surface area contributed by atoms with Gasteiger partial charge in [0.2, 0.25) is 0 Å². The summed E-state index contributed by atoms with van der Waals surface area (Å²) in [5.74, 6) is -0.380. The molecule has 0 radical (unpaired) electrons. The van der Waals surface area contributed by atoms with Crippen LogP contribution >= 0.6 is 23.2 Å². The number of hydrogen-bond acceptors (Lipinski definition) is 1. The Kier molecular flexibility index (Phi) is 5.41. The van der Waals surface area contributed by atoms with Crippen molar-refractivity contribution >= 4 is 23.2 Å². The van der Waals surface area contributed by atoms with Crippen LogP contribution in [0.15, 0.2) is 42.5 Å². The number of likely N-dealkylation sites (N-methyl/N-ethyl adjacent to an activating group) is 1. The number of nitrogens with one attached hydrogen (secondary N) is 1. The molecule has 0 aliphatic carbocycles. The fourth-order valence-corrected chi connectivity index (χ4v) is 2.46. The first-order valence-electron chi connectivity index (χ1n) is 6.44. The molecule has 1 N–H and O–H groups in total. The summed E-state index contributed by atoms with van der Waals surface area (Å²) in [5.41, 5.74) is 2.23. The molecule has 0 aromatic heterocycles. The lowest BCUT2D eigenvalue weighted by Gasteiger charge is -2.16. The molecular formula is C16H16Cl2FN. The van der Waals surface area contributed by atoms with Crippen molar-refractivity contribution < 1.29 is 4.39 Å². The molecule has 1 nitrogen and oxygen atoms in total. The van der Waals surface area contributed by atoms with Crippen LogP contribution in [-0.4, -0.2) is 13.1 Å². The van der Waals surface area contributed by atoms with Crippen molar-refractivity contribution in [3.8, 4) is 0 Å². The minimum atomic E-state index is -0.380. The zero-order chi connectivity index (χ0) is 14.5. The first-order chi connectivity index (χ1) is 9.58. The van der Waals surface area contributed by atoms with Gasteiger partial charge in [-0.3, -0.25) is 0 Å². The Bertz CT molecular complexity index is 569. The number of halogens is 3. The highest BCUT2D eigenvalue weighted by Gasteiger charge is 2.10. The minimum Gasteiger partial charge on any atom is -0.316 e. The summed E-state index contributed by atoms with van der Waals surface area (Å²) in [7, 11) is 1.92. The first kappa shape index (κ1) is 15.3. The second-order valence-electron chi connectivity index (χ2n) is 4.77. The van der Waals surface area contributed by atoms with E-state index in [1.165, 1.54) is 11.6 Å². The van der Waals surface area contributed by atoms with E-state index in [1.807, 2.05) is 31.3 Å². The fraction of sp³-hybridized carbons (Fsp3) is 0.250. The fourth-order valence-electron chi connectivity index (χ4n) is 2.13. The summed E-state index contributed by atoms with van der Waals surface area (Å²) in [6, 6.07) is 12.9. The van der Waals surface area contributed by atoms with E-state index in [4.69, 9.17) is 23.2 Å². The topological polar surface area (TPSA) is 12.0 Å². The van der Waals surface area contributed by atoms with E-state index >= 15 is 0 Å². The summed E-state index contributed by atoms with van der Waals surface area (Å²) in [4.78, 5) is 0. The van der Waals surface area contributed by atoms with E-state index in [0.717, 1.165) is 23.4 Å². The molecule has 0 spiro atoms. The molecular weight excluding hydrogens is 296 g/mol. The van der Waals surface area contributed by atoms with Crippen molar-refractivity contribution in [3.05, 3.63) is 69.5 Å². The van der Waals surface area contributed by atoms with E-state index in [2.05, 4.69) is 5.32 Å². The van der Waals surface area contributed by atoms with Gasteiger partial charge in [0.25, 0.3) is 0 Å². The molecule has 0 saturated carbocycles. The third kappa shape index (κ3) is 4.20. The molecule has 0 fully saturated rings. The predicted octanol–water partition coefficient (Wildman–Crippen LogP) is 4.51. The monoisotopic (exact) mass is 311 g/mol. The van der Waals surface area contributed by atoms with Gasteiger partial charge in [0.05, 0.1) is 5.02 Å². The minimum absolute atomic E-state index is 0.170. The highest BCUT2D eigenvalue weighted by molar-refractivity contribution is 6.31. The lowest BCUT2D eigenvalue weighted by Crippen LogP contribution is -2.29. The van der Waals surface area contributed by atoms with Crippen LogP contribution in [0.4, 0.5) is 4.39 Å². The highest BCUT2D eigenvalue weighted by atomic mass is 35.5. The molecule has 0 saturated heterocycles. The van der Waals surface area contributed by atoms with Gasteiger partial charge in [-0.25, -0.2) is 4.39 Å². The Morgan fingerprint density at radius 1 is 1.00 bits per heavy atom. The van der Waals surface area contributed by atoms with Crippen molar-refractivity contribution in [2.75, 3.05) is 7.05 Å². The maximum Gasteiger partial charge on any atom is 0.141 e. The molecule has 0 aliphatic rings. The van der Waals surface area contributed by atoms with Gasteiger partial charge in [0.15, 0.2) is 0 Å². The zero-order valence-corrected chi connectivity index (χ0v) is 12.7. The van der Waals surface area contributed by atoms with E-state index in [1.54, 1.807) is 12.1 Å². The van der Waals surface area contributed by atoms with Crippen LogP contribution in [0.2, 0.25) is 10.0 Å². The van der Waals surface area contributed by atoms with Crippen molar-refractivity contribution in [3.63, 3.8) is 0 Å². The van der Waals surface area contributed by atoms with Crippen molar-refractivity contribution in [1.82, 2.24) is 5.32 Å². The van der Waals surface area contributed by atoms with Crippen molar-refractivity contribution in [1.29, 1.82) is 0 Å². The average Bonchev–Trinajstić information content (AvgIpc) is 2.44. The third-order valence-electron chi connectivity index (χ3n) is 3.27. The quantitative estimate of drug-likeness (QED) is 0.857. The van der Waals surface area contributed by atoms with Gasteiger partial charge in [0.1, 0.15) is 5.82 Å². The number of hydrogen-bond donors (Lipinski definition) is 1. The van der Waals surface area contributed by atoms with Crippen LogP contribution < -0.4 is 5.32 Å². The van der Waals surface area contributed by atoms with E-state index in [-0.39, 0.29) is 16.9 Å². The van der Waals surface area contributed by atoms with Gasteiger partial charge in [0, 0.05) is 11.1 Å². The van der Waals surface area contributed by atoms with E-state index < -0.39 is 0 Å². The summed E-state index contributed by atoms with van der Waals surface area (Å²) in [6.07, 6.45) is 1.67.